The quantitative estimate of drug-likeness (QED) is 0.584. The normalized spacial score (nSPS) is 16.6. The molecule has 0 aromatic heterocycles. The molecule has 1 atom stereocenters. The molecule has 0 amide bonds. The first-order valence-electron chi connectivity index (χ1n) is 4.87. The van der Waals surface area contributed by atoms with Crippen molar-refractivity contribution in [2.45, 2.75) is 53.3 Å². The topological polar surface area (TPSA) is 29.5 Å². The van der Waals surface area contributed by atoms with Crippen LogP contribution in [0.25, 0.3) is 0 Å². The van der Waals surface area contributed by atoms with Crippen molar-refractivity contribution in [3.63, 3.8) is 0 Å². The maximum absolute atomic E-state index is 12.7. The van der Waals surface area contributed by atoms with Crippen molar-refractivity contribution in [3.8, 4) is 0 Å². The number of hydrogen-bond acceptors (Lipinski definition) is 2. The van der Waals surface area contributed by atoms with E-state index in [0.717, 1.165) is 13.8 Å². The standard InChI is InChI=1S/C10H19F3O2/c1-6-8(2,3)7(15-14)9(4,5)10(11,12)13/h7,14H,6H2,1-5H3. The zero-order valence-corrected chi connectivity index (χ0v) is 9.77. The van der Waals surface area contributed by atoms with Crippen LogP contribution < -0.4 is 0 Å². The number of hydrogen-bond donors (Lipinski definition) is 1. The van der Waals surface area contributed by atoms with Crippen LogP contribution in [-0.2, 0) is 4.89 Å². The number of halogens is 3. The Labute approximate surface area is 88.4 Å². The van der Waals surface area contributed by atoms with Gasteiger partial charge in [0, 0.05) is 0 Å². The van der Waals surface area contributed by atoms with Gasteiger partial charge in [-0.2, -0.15) is 13.2 Å². The Bertz CT molecular complexity index is 209. The van der Waals surface area contributed by atoms with Crippen LogP contribution in [0.3, 0.4) is 0 Å². The molecule has 0 aliphatic carbocycles. The van der Waals surface area contributed by atoms with Crippen molar-refractivity contribution in [1.82, 2.24) is 0 Å². The van der Waals surface area contributed by atoms with Gasteiger partial charge in [0.1, 0.15) is 6.10 Å². The van der Waals surface area contributed by atoms with Gasteiger partial charge in [-0.25, -0.2) is 4.89 Å². The Balaban J connectivity index is 5.14. The molecule has 0 saturated carbocycles. The van der Waals surface area contributed by atoms with E-state index in [4.69, 9.17) is 5.26 Å². The van der Waals surface area contributed by atoms with Crippen LogP contribution in [-0.4, -0.2) is 17.5 Å². The molecule has 92 valence electrons. The Morgan fingerprint density at radius 3 is 1.73 bits per heavy atom. The Hall–Kier alpha value is -0.290. The SMILES string of the molecule is CCC(C)(C)C(OO)C(C)(C)C(F)(F)F. The monoisotopic (exact) mass is 228 g/mol. The molecular weight excluding hydrogens is 209 g/mol. The fourth-order valence-electron chi connectivity index (χ4n) is 1.59. The highest BCUT2D eigenvalue weighted by molar-refractivity contribution is 4.93. The van der Waals surface area contributed by atoms with Gasteiger partial charge in [0.25, 0.3) is 0 Å². The van der Waals surface area contributed by atoms with Crippen LogP contribution >= 0.6 is 0 Å². The van der Waals surface area contributed by atoms with E-state index in [1.165, 1.54) is 0 Å². The largest absolute Gasteiger partial charge is 0.396 e. The fourth-order valence-corrected chi connectivity index (χ4v) is 1.59. The van der Waals surface area contributed by atoms with Gasteiger partial charge in [0.15, 0.2) is 0 Å². The minimum atomic E-state index is -4.41. The minimum absolute atomic E-state index is 0.484. The summed E-state index contributed by atoms with van der Waals surface area (Å²) in [6, 6.07) is 0. The van der Waals surface area contributed by atoms with Crippen molar-refractivity contribution >= 4 is 0 Å². The van der Waals surface area contributed by atoms with Crippen molar-refractivity contribution < 1.29 is 23.3 Å². The maximum atomic E-state index is 12.7. The molecule has 0 aliphatic rings. The molecule has 5 heteroatoms. The van der Waals surface area contributed by atoms with E-state index in [-0.39, 0.29) is 0 Å². The smallest absolute Gasteiger partial charge is 0.251 e. The van der Waals surface area contributed by atoms with Gasteiger partial charge in [-0.3, -0.25) is 5.26 Å². The molecule has 0 radical (unpaired) electrons. The lowest BCUT2D eigenvalue weighted by Crippen LogP contribution is -2.50. The summed E-state index contributed by atoms with van der Waals surface area (Å²) in [4.78, 5) is 4.08. The lowest BCUT2D eigenvalue weighted by atomic mass is 9.70. The summed E-state index contributed by atoms with van der Waals surface area (Å²) in [5.41, 5.74) is -2.82. The molecule has 15 heavy (non-hydrogen) atoms. The first-order valence-corrected chi connectivity index (χ1v) is 4.87. The van der Waals surface area contributed by atoms with E-state index in [9.17, 15) is 13.2 Å². The van der Waals surface area contributed by atoms with E-state index in [2.05, 4.69) is 4.89 Å². The van der Waals surface area contributed by atoms with Crippen molar-refractivity contribution in [2.75, 3.05) is 0 Å². The van der Waals surface area contributed by atoms with Crippen LogP contribution in [0.4, 0.5) is 13.2 Å². The summed E-state index contributed by atoms with van der Waals surface area (Å²) in [5.74, 6) is 0. The van der Waals surface area contributed by atoms with Gasteiger partial charge in [-0.1, -0.05) is 20.8 Å². The van der Waals surface area contributed by atoms with Crippen LogP contribution in [0, 0.1) is 10.8 Å². The van der Waals surface area contributed by atoms with Gasteiger partial charge in [0.2, 0.25) is 0 Å². The Morgan fingerprint density at radius 2 is 1.53 bits per heavy atom. The van der Waals surface area contributed by atoms with Gasteiger partial charge in [-0.05, 0) is 25.7 Å². The van der Waals surface area contributed by atoms with Gasteiger partial charge >= 0.3 is 6.18 Å². The molecule has 0 bridgehead atoms. The van der Waals surface area contributed by atoms with E-state index in [1.54, 1.807) is 20.8 Å². The highest BCUT2D eigenvalue weighted by Crippen LogP contribution is 2.48. The summed E-state index contributed by atoms with van der Waals surface area (Å²) < 4.78 is 38.2. The zero-order valence-electron chi connectivity index (χ0n) is 9.77. The van der Waals surface area contributed by atoms with Gasteiger partial charge in [-0.15, -0.1) is 0 Å². The minimum Gasteiger partial charge on any atom is -0.251 e. The summed E-state index contributed by atoms with van der Waals surface area (Å²) in [7, 11) is 0. The van der Waals surface area contributed by atoms with Crippen LogP contribution in [0.15, 0.2) is 0 Å². The first kappa shape index (κ1) is 14.7. The van der Waals surface area contributed by atoms with Crippen molar-refractivity contribution in [2.24, 2.45) is 10.8 Å². The molecule has 0 saturated heterocycles. The van der Waals surface area contributed by atoms with E-state index >= 15 is 0 Å². The van der Waals surface area contributed by atoms with Crippen molar-refractivity contribution in [1.29, 1.82) is 0 Å². The lowest BCUT2D eigenvalue weighted by molar-refractivity contribution is -0.364. The first-order chi connectivity index (χ1) is 6.50. The van der Waals surface area contributed by atoms with E-state index < -0.39 is 23.1 Å². The van der Waals surface area contributed by atoms with Crippen LogP contribution in [0.2, 0.25) is 0 Å². The average Bonchev–Trinajstić information content (AvgIpc) is 2.02. The molecular formula is C10H19F3O2. The van der Waals surface area contributed by atoms with E-state index in [0.29, 0.717) is 6.42 Å². The summed E-state index contributed by atoms with van der Waals surface area (Å²) in [6.07, 6.45) is -5.21. The molecule has 0 heterocycles. The third-order valence-electron chi connectivity index (χ3n) is 3.11. The second kappa shape index (κ2) is 4.29. The third kappa shape index (κ3) is 2.84. The summed E-state index contributed by atoms with van der Waals surface area (Å²) in [6.45, 7) is 7.11. The zero-order chi connectivity index (χ0) is 12.5. The Morgan fingerprint density at radius 1 is 1.13 bits per heavy atom. The predicted molar refractivity (Wildman–Crippen MR) is 51.4 cm³/mol. The molecule has 1 N–H and O–H groups in total. The molecule has 2 nitrogen and oxygen atoms in total. The van der Waals surface area contributed by atoms with Crippen molar-refractivity contribution in [3.05, 3.63) is 0 Å². The third-order valence-corrected chi connectivity index (χ3v) is 3.11. The highest BCUT2D eigenvalue weighted by Gasteiger charge is 2.57. The van der Waals surface area contributed by atoms with Crippen LogP contribution in [0.5, 0.6) is 0 Å². The molecule has 1 unspecified atom stereocenters. The Kier molecular flexibility index (Phi) is 4.21. The van der Waals surface area contributed by atoms with Gasteiger partial charge < -0.3 is 0 Å². The highest BCUT2D eigenvalue weighted by atomic mass is 19.4. The second-order valence-corrected chi connectivity index (χ2v) is 5.05. The van der Waals surface area contributed by atoms with Gasteiger partial charge in [0.05, 0.1) is 5.41 Å². The molecule has 0 aliphatic heterocycles. The summed E-state index contributed by atoms with van der Waals surface area (Å²) >= 11 is 0. The molecule has 0 aromatic rings. The number of alkyl halides is 3. The number of rotatable bonds is 4. The van der Waals surface area contributed by atoms with E-state index in [1.807, 2.05) is 0 Å². The van der Waals surface area contributed by atoms with Crippen LogP contribution in [0.1, 0.15) is 41.0 Å². The fraction of sp³-hybridized carbons (Fsp3) is 1.00. The maximum Gasteiger partial charge on any atom is 0.396 e. The molecule has 0 spiro atoms. The lowest BCUT2D eigenvalue weighted by Gasteiger charge is -2.42. The molecule has 0 aromatic carbocycles. The predicted octanol–water partition coefficient (Wildman–Crippen LogP) is 3.87. The second-order valence-electron chi connectivity index (χ2n) is 5.05. The average molecular weight is 228 g/mol. The summed E-state index contributed by atoms with van der Waals surface area (Å²) in [5, 5.41) is 8.69. The molecule has 0 fully saturated rings. The molecule has 0 rings (SSSR count).